The van der Waals surface area contributed by atoms with Crippen LogP contribution in [0.4, 0.5) is 0 Å². The zero-order chi connectivity index (χ0) is 16.9. The number of aryl methyl sites for hydroxylation is 1. The molecule has 1 aliphatic carbocycles. The summed E-state index contributed by atoms with van der Waals surface area (Å²) in [7, 11) is -3.89. The van der Waals surface area contributed by atoms with Gasteiger partial charge in [0.25, 0.3) is 10.0 Å². The molecule has 1 fully saturated rings. The predicted octanol–water partition coefficient (Wildman–Crippen LogP) is 2.09. The molecule has 0 saturated heterocycles. The van der Waals surface area contributed by atoms with Crippen molar-refractivity contribution in [2.75, 3.05) is 0 Å². The van der Waals surface area contributed by atoms with Gasteiger partial charge in [-0.3, -0.25) is 4.79 Å². The first kappa shape index (κ1) is 15.7. The Balaban J connectivity index is 1.48. The lowest BCUT2D eigenvalue weighted by Crippen LogP contribution is -2.33. The topological polar surface area (TPSA) is 81.1 Å². The molecule has 0 bridgehead atoms. The second-order valence-corrected chi connectivity index (χ2v) is 8.31. The second-order valence-electron chi connectivity index (χ2n) is 6.24. The number of aromatic nitrogens is 2. The number of rotatable bonds is 4. The summed E-state index contributed by atoms with van der Waals surface area (Å²) in [5, 5.41) is 0.685. The van der Waals surface area contributed by atoms with Crippen LogP contribution in [0.15, 0.2) is 35.5 Å². The van der Waals surface area contributed by atoms with Gasteiger partial charge in [-0.2, -0.15) is 8.42 Å². The van der Waals surface area contributed by atoms with E-state index in [4.69, 9.17) is 11.6 Å². The number of fused-ring (bicyclic) bond motifs is 1. The van der Waals surface area contributed by atoms with Crippen LogP contribution in [-0.4, -0.2) is 23.9 Å². The maximum absolute atomic E-state index is 12.5. The number of imidazole rings is 1. The summed E-state index contributed by atoms with van der Waals surface area (Å²) in [4.78, 5) is 16.5. The highest BCUT2D eigenvalue weighted by molar-refractivity contribution is 7.90. The number of carbonyl (C=O) groups is 1. The van der Waals surface area contributed by atoms with Gasteiger partial charge in [0.2, 0.25) is 5.91 Å². The molecule has 24 heavy (non-hydrogen) atoms. The number of nitrogens with zero attached hydrogens (tertiary/aromatic N) is 2. The van der Waals surface area contributed by atoms with E-state index in [1.54, 1.807) is 10.6 Å². The third-order valence-electron chi connectivity index (χ3n) is 4.60. The molecule has 1 amide bonds. The minimum Gasteiger partial charge on any atom is -0.318 e. The van der Waals surface area contributed by atoms with Crippen molar-refractivity contribution >= 4 is 27.5 Å². The molecule has 0 spiro atoms. The van der Waals surface area contributed by atoms with Crippen molar-refractivity contribution in [3.8, 4) is 0 Å². The van der Waals surface area contributed by atoms with Gasteiger partial charge in [0.15, 0.2) is 5.03 Å². The van der Waals surface area contributed by atoms with Crippen LogP contribution in [0, 0.1) is 5.92 Å². The predicted molar refractivity (Wildman–Crippen MR) is 88.2 cm³/mol. The van der Waals surface area contributed by atoms with Crippen molar-refractivity contribution in [3.63, 3.8) is 0 Å². The molecule has 6 nitrogen and oxygen atoms in total. The molecule has 2 aromatic rings. The van der Waals surface area contributed by atoms with E-state index in [0.29, 0.717) is 18.0 Å². The van der Waals surface area contributed by atoms with Gasteiger partial charge in [0.05, 0.1) is 6.20 Å². The Kier molecular flexibility index (Phi) is 3.65. The molecule has 8 heteroatoms. The third kappa shape index (κ3) is 2.71. The lowest BCUT2D eigenvalue weighted by molar-refractivity contribution is -0.120. The molecular formula is C16H16ClN3O3S. The van der Waals surface area contributed by atoms with Gasteiger partial charge in [-0.1, -0.05) is 23.7 Å². The summed E-state index contributed by atoms with van der Waals surface area (Å²) in [6, 6.07) is 7.32. The molecule has 1 N–H and O–H groups in total. The van der Waals surface area contributed by atoms with Crippen LogP contribution < -0.4 is 4.72 Å². The van der Waals surface area contributed by atoms with Crippen LogP contribution in [0.1, 0.15) is 30.1 Å². The molecule has 2 unspecified atom stereocenters. The lowest BCUT2D eigenvalue weighted by atomic mass is 10.1. The average Bonchev–Trinajstić information content (AvgIpc) is 3.01. The summed E-state index contributed by atoms with van der Waals surface area (Å²) in [6.07, 6.45) is 3.60. The van der Waals surface area contributed by atoms with Gasteiger partial charge in [-0.25, -0.2) is 9.71 Å². The van der Waals surface area contributed by atoms with Gasteiger partial charge in [-0.15, -0.1) is 0 Å². The minimum atomic E-state index is -3.89. The molecule has 2 aliphatic rings. The van der Waals surface area contributed by atoms with E-state index in [-0.39, 0.29) is 16.9 Å². The Morgan fingerprint density at radius 2 is 2.21 bits per heavy atom. The molecule has 1 aliphatic heterocycles. The molecule has 0 radical (unpaired) electrons. The van der Waals surface area contributed by atoms with E-state index in [1.165, 1.54) is 6.20 Å². The maximum Gasteiger partial charge on any atom is 0.281 e. The van der Waals surface area contributed by atoms with Crippen molar-refractivity contribution in [2.24, 2.45) is 5.92 Å². The standard InChI is InChI=1S/C16H16ClN3O3S/c17-11-4-1-3-10(7-11)12-8-13(12)16(21)19-24(22,23)15-9-18-14-5-2-6-20(14)15/h1,3-4,7,9,12-13H,2,5-6,8H2,(H,19,21). The Morgan fingerprint density at radius 1 is 1.38 bits per heavy atom. The summed E-state index contributed by atoms with van der Waals surface area (Å²) < 4.78 is 28.8. The first-order valence-electron chi connectivity index (χ1n) is 7.82. The van der Waals surface area contributed by atoms with Crippen LogP contribution in [0.25, 0.3) is 0 Å². The van der Waals surface area contributed by atoms with Crippen LogP contribution >= 0.6 is 11.6 Å². The Morgan fingerprint density at radius 3 is 3.00 bits per heavy atom. The SMILES string of the molecule is O=C(NS(=O)(=O)c1cnc2n1CCC2)C1CC1c1cccc(Cl)c1. The maximum atomic E-state index is 12.5. The van der Waals surface area contributed by atoms with Crippen molar-refractivity contribution in [1.82, 2.24) is 14.3 Å². The van der Waals surface area contributed by atoms with E-state index in [2.05, 4.69) is 9.71 Å². The highest BCUT2D eigenvalue weighted by Gasteiger charge is 2.45. The number of carbonyl (C=O) groups excluding carboxylic acids is 1. The molecule has 2 heterocycles. The fourth-order valence-electron chi connectivity index (χ4n) is 3.30. The molecule has 2 atom stereocenters. The number of benzene rings is 1. The number of amides is 1. The number of sulfonamides is 1. The summed E-state index contributed by atoms with van der Waals surface area (Å²) >= 11 is 5.97. The van der Waals surface area contributed by atoms with E-state index in [9.17, 15) is 13.2 Å². The zero-order valence-electron chi connectivity index (χ0n) is 12.8. The highest BCUT2D eigenvalue weighted by atomic mass is 35.5. The number of halogens is 1. The monoisotopic (exact) mass is 365 g/mol. The zero-order valence-corrected chi connectivity index (χ0v) is 14.3. The highest BCUT2D eigenvalue weighted by Crippen LogP contribution is 2.48. The summed E-state index contributed by atoms with van der Waals surface area (Å²) in [5.41, 5.74) is 0.963. The van der Waals surface area contributed by atoms with Crippen molar-refractivity contribution < 1.29 is 13.2 Å². The number of hydrogen-bond acceptors (Lipinski definition) is 4. The molecule has 1 saturated carbocycles. The van der Waals surface area contributed by atoms with Gasteiger partial charge < -0.3 is 4.57 Å². The molecule has 4 rings (SSSR count). The largest absolute Gasteiger partial charge is 0.318 e. The molecule has 1 aromatic carbocycles. The normalized spacial score (nSPS) is 22.2. The fraction of sp³-hybridized carbons (Fsp3) is 0.375. The van der Waals surface area contributed by atoms with E-state index >= 15 is 0 Å². The van der Waals surface area contributed by atoms with Gasteiger partial charge in [-0.05, 0) is 36.5 Å². The fourth-order valence-corrected chi connectivity index (χ4v) is 4.69. The quantitative estimate of drug-likeness (QED) is 0.899. The van der Waals surface area contributed by atoms with Crippen LogP contribution in [0.2, 0.25) is 5.02 Å². The Labute approximate surface area is 144 Å². The lowest BCUT2D eigenvalue weighted by Gasteiger charge is -2.08. The summed E-state index contributed by atoms with van der Waals surface area (Å²) in [6.45, 7) is 0.619. The molecule has 1 aromatic heterocycles. The van der Waals surface area contributed by atoms with E-state index < -0.39 is 15.9 Å². The van der Waals surface area contributed by atoms with Gasteiger partial charge in [0.1, 0.15) is 5.82 Å². The first-order chi connectivity index (χ1) is 11.5. The minimum absolute atomic E-state index is 0.0232. The third-order valence-corrected chi connectivity index (χ3v) is 6.18. The average molecular weight is 366 g/mol. The summed E-state index contributed by atoms with van der Waals surface area (Å²) in [5.74, 6) is -0.0196. The second kappa shape index (κ2) is 5.60. The van der Waals surface area contributed by atoms with Crippen molar-refractivity contribution in [1.29, 1.82) is 0 Å². The Hall–Kier alpha value is -1.86. The number of hydrogen-bond donors (Lipinski definition) is 1. The Bertz CT molecular complexity index is 922. The van der Waals surface area contributed by atoms with Gasteiger partial charge >= 0.3 is 0 Å². The van der Waals surface area contributed by atoms with Crippen LogP contribution in [-0.2, 0) is 27.8 Å². The molecular weight excluding hydrogens is 350 g/mol. The molecule has 126 valence electrons. The van der Waals surface area contributed by atoms with Crippen molar-refractivity contribution in [2.45, 2.75) is 36.8 Å². The van der Waals surface area contributed by atoms with E-state index in [1.807, 2.05) is 18.2 Å². The first-order valence-corrected chi connectivity index (χ1v) is 9.68. The smallest absolute Gasteiger partial charge is 0.281 e. The van der Waals surface area contributed by atoms with Crippen LogP contribution in [0.3, 0.4) is 0 Å². The number of nitrogens with one attached hydrogen (secondary N) is 1. The van der Waals surface area contributed by atoms with Crippen molar-refractivity contribution in [3.05, 3.63) is 46.9 Å². The van der Waals surface area contributed by atoms with E-state index in [0.717, 1.165) is 24.2 Å². The van der Waals surface area contributed by atoms with Gasteiger partial charge in [0, 0.05) is 23.9 Å². The van der Waals surface area contributed by atoms with Crippen LogP contribution in [0.5, 0.6) is 0 Å².